The lowest BCUT2D eigenvalue weighted by Crippen LogP contribution is -2.17. The van der Waals surface area contributed by atoms with Crippen LogP contribution in [0, 0.1) is 0 Å². The van der Waals surface area contributed by atoms with Gasteiger partial charge in [-0.25, -0.2) is 4.99 Å². The summed E-state index contributed by atoms with van der Waals surface area (Å²) < 4.78 is 0. The molecule has 0 rings (SSSR count). The van der Waals surface area contributed by atoms with Crippen LogP contribution < -0.4 is 0 Å². The minimum absolute atomic E-state index is 0.965. The first-order chi connectivity index (χ1) is 5.16. The lowest BCUT2D eigenvalue weighted by molar-refractivity contribution is 0.522. The van der Waals surface area contributed by atoms with Gasteiger partial charge >= 0.3 is 0 Å². The summed E-state index contributed by atoms with van der Waals surface area (Å²) in [6.07, 6.45) is 4.30. The monoisotopic (exact) mass is 152 g/mol. The van der Waals surface area contributed by atoms with Gasteiger partial charge in [-0.3, -0.25) is 0 Å². The van der Waals surface area contributed by atoms with Crippen molar-refractivity contribution in [3.05, 3.63) is 24.9 Å². The lowest BCUT2D eigenvalue weighted by Gasteiger charge is -2.11. The van der Waals surface area contributed by atoms with Crippen LogP contribution in [0.2, 0.25) is 0 Å². The van der Waals surface area contributed by atoms with Crippen LogP contribution in [0.4, 0.5) is 0 Å². The van der Waals surface area contributed by atoms with Gasteiger partial charge in [0.25, 0.3) is 0 Å². The molecule has 0 radical (unpaired) electrons. The number of hydrogen-bond donors (Lipinski definition) is 0. The molecule has 0 aliphatic carbocycles. The Balaban J connectivity index is 3.51. The molecule has 0 saturated carbocycles. The predicted octanol–water partition coefficient (Wildman–Crippen LogP) is 2.06. The van der Waals surface area contributed by atoms with Crippen LogP contribution in [0.1, 0.15) is 13.3 Å². The van der Waals surface area contributed by atoms with Crippen molar-refractivity contribution in [3.8, 4) is 0 Å². The summed E-state index contributed by atoms with van der Waals surface area (Å²) in [5.41, 5.74) is 1.20. The molecule has 0 saturated heterocycles. The molecule has 0 aromatic heterocycles. The molecule has 0 aromatic carbocycles. The van der Waals surface area contributed by atoms with Crippen molar-refractivity contribution < 1.29 is 0 Å². The van der Waals surface area contributed by atoms with Gasteiger partial charge < -0.3 is 4.90 Å². The maximum Gasteiger partial charge on any atom is 0.0902 e. The standard InChI is InChI=1S/C9H16N2/c1-5-10-8-11(4)7-6-9(2)3/h5,8H,1-2,6-7H2,3-4H3/b10-8-. The van der Waals surface area contributed by atoms with Crippen LogP contribution in [0.3, 0.4) is 0 Å². The molecule has 0 fully saturated rings. The Hall–Kier alpha value is -1.05. The highest BCUT2D eigenvalue weighted by Gasteiger charge is 1.90. The smallest absolute Gasteiger partial charge is 0.0902 e. The molecule has 0 atom stereocenters. The third-order valence-corrected chi connectivity index (χ3v) is 1.26. The van der Waals surface area contributed by atoms with Crippen molar-refractivity contribution in [3.63, 3.8) is 0 Å². The van der Waals surface area contributed by atoms with E-state index in [9.17, 15) is 0 Å². The number of hydrogen-bond acceptors (Lipinski definition) is 1. The third-order valence-electron chi connectivity index (χ3n) is 1.26. The van der Waals surface area contributed by atoms with Crippen LogP contribution in [-0.2, 0) is 0 Å². The van der Waals surface area contributed by atoms with Gasteiger partial charge in [-0.2, -0.15) is 0 Å². The Morgan fingerprint density at radius 3 is 2.73 bits per heavy atom. The molecule has 0 aliphatic rings. The molecule has 0 N–H and O–H groups in total. The van der Waals surface area contributed by atoms with Crippen LogP contribution in [0.25, 0.3) is 0 Å². The minimum atomic E-state index is 0.965. The molecule has 0 bridgehead atoms. The van der Waals surface area contributed by atoms with Crippen LogP contribution in [0.5, 0.6) is 0 Å². The zero-order valence-corrected chi connectivity index (χ0v) is 7.38. The Labute approximate surface area is 68.9 Å². The number of aliphatic imine (C=N–C) groups is 1. The molecule has 0 aliphatic heterocycles. The van der Waals surface area contributed by atoms with E-state index in [0.29, 0.717) is 0 Å². The Bertz CT molecular complexity index is 159. The van der Waals surface area contributed by atoms with Crippen molar-refractivity contribution in [2.45, 2.75) is 13.3 Å². The van der Waals surface area contributed by atoms with Crippen LogP contribution in [-0.4, -0.2) is 24.8 Å². The second kappa shape index (κ2) is 5.71. The normalized spacial score (nSPS) is 10.0. The zero-order chi connectivity index (χ0) is 8.69. The molecule has 0 unspecified atom stereocenters. The molecule has 0 spiro atoms. The summed E-state index contributed by atoms with van der Waals surface area (Å²) >= 11 is 0. The van der Waals surface area contributed by atoms with E-state index in [0.717, 1.165) is 13.0 Å². The fraction of sp³-hybridized carbons (Fsp3) is 0.444. The van der Waals surface area contributed by atoms with Gasteiger partial charge in [-0.1, -0.05) is 12.2 Å². The summed E-state index contributed by atoms with van der Waals surface area (Å²) in [6.45, 7) is 10.3. The Morgan fingerprint density at radius 1 is 1.64 bits per heavy atom. The fourth-order valence-electron chi connectivity index (χ4n) is 0.586. The van der Waals surface area contributed by atoms with Gasteiger partial charge in [-0.05, 0) is 13.3 Å². The van der Waals surface area contributed by atoms with Gasteiger partial charge in [0.15, 0.2) is 0 Å². The van der Waals surface area contributed by atoms with E-state index in [1.165, 1.54) is 11.8 Å². The van der Waals surface area contributed by atoms with Crippen molar-refractivity contribution in [1.82, 2.24) is 4.90 Å². The van der Waals surface area contributed by atoms with Gasteiger partial charge in [0.05, 0.1) is 6.34 Å². The molecule has 0 aromatic rings. The Morgan fingerprint density at radius 2 is 2.27 bits per heavy atom. The summed E-state index contributed by atoms with van der Waals surface area (Å²) in [5.74, 6) is 0. The second-order valence-corrected chi connectivity index (χ2v) is 2.63. The highest BCUT2D eigenvalue weighted by molar-refractivity contribution is 5.55. The summed E-state index contributed by atoms with van der Waals surface area (Å²) in [4.78, 5) is 5.90. The van der Waals surface area contributed by atoms with Crippen molar-refractivity contribution >= 4 is 6.34 Å². The Kier molecular flexibility index (Phi) is 5.17. The van der Waals surface area contributed by atoms with Crippen molar-refractivity contribution in [2.75, 3.05) is 13.6 Å². The van der Waals surface area contributed by atoms with Gasteiger partial charge in [0.1, 0.15) is 0 Å². The zero-order valence-electron chi connectivity index (χ0n) is 7.38. The first kappa shape index (κ1) is 9.95. The summed E-state index contributed by atoms with van der Waals surface area (Å²) in [5, 5.41) is 0. The van der Waals surface area contributed by atoms with E-state index in [1.807, 2.05) is 18.9 Å². The SMILES string of the molecule is C=C/N=C\N(C)CCC(=C)C. The fourth-order valence-corrected chi connectivity index (χ4v) is 0.586. The highest BCUT2D eigenvalue weighted by Crippen LogP contribution is 1.95. The van der Waals surface area contributed by atoms with E-state index < -0.39 is 0 Å². The lowest BCUT2D eigenvalue weighted by atomic mass is 10.2. The molecule has 11 heavy (non-hydrogen) atoms. The predicted molar refractivity (Wildman–Crippen MR) is 50.8 cm³/mol. The average molecular weight is 152 g/mol. The van der Waals surface area contributed by atoms with E-state index in [2.05, 4.69) is 18.2 Å². The van der Waals surface area contributed by atoms with Crippen molar-refractivity contribution in [2.24, 2.45) is 4.99 Å². The average Bonchev–Trinajstić information content (AvgIpc) is 1.97. The number of rotatable bonds is 5. The molecular formula is C9H16N2. The van der Waals surface area contributed by atoms with E-state index >= 15 is 0 Å². The number of nitrogens with zero attached hydrogens (tertiary/aromatic N) is 2. The molecule has 0 heterocycles. The first-order valence-electron chi connectivity index (χ1n) is 3.65. The topological polar surface area (TPSA) is 15.6 Å². The minimum Gasteiger partial charge on any atom is -0.365 e. The van der Waals surface area contributed by atoms with E-state index in [-0.39, 0.29) is 0 Å². The molecule has 2 heteroatoms. The highest BCUT2D eigenvalue weighted by atomic mass is 15.1. The molecular weight excluding hydrogens is 136 g/mol. The molecule has 62 valence electrons. The third kappa shape index (κ3) is 6.84. The molecule has 2 nitrogen and oxygen atoms in total. The molecule has 0 amide bonds. The summed E-state index contributed by atoms with van der Waals surface area (Å²) in [7, 11) is 1.98. The largest absolute Gasteiger partial charge is 0.365 e. The van der Waals surface area contributed by atoms with Crippen molar-refractivity contribution in [1.29, 1.82) is 0 Å². The van der Waals surface area contributed by atoms with E-state index in [4.69, 9.17) is 0 Å². The van der Waals surface area contributed by atoms with Gasteiger partial charge in [0, 0.05) is 19.8 Å². The first-order valence-corrected chi connectivity index (χ1v) is 3.65. The maximum atomic E-state index is 3.88. The van der Waals surface area contributed by atoms with Crippen LogP contribution in [0.15, 0.2) is 29.9 Å². The summed E-state index contributed by atoms with van der Waals surface area (Å²) in [6, 6.07) is 0. The van der Waals surface area contributed by atoms with E-state index in [1.54, 1.807) is 6.34 Å². The van der Waals surface area contributed by atoms with Gasteiger partial charge in [-0.15, -0.1) is 6.58 Å². The van der Waals surface area contributed by atoms with Gasteiger partial charge in [0.2, 0.25) is 0 Å². The maximum absolute atomic E-state index is 3.88. The quantitative estimate of drug-likeness (QED) is 0.334. The van der Waals surface area contributed by atoms with Crippen LogP contribution >= 0.6 is 0 Å². The second-order valence-electron chi connectivity index (χ2n) is 2.63.